The topological polar surface area (TPSA) is 32.3 Å². The highest BCUT2D eigenvalue weighted by Gasteiger charge is 2.37. The molecule has 2 aliphatic heterocycles. The first-order valence-corrected chi connectivity index (χ1v) is 6.22. The van der Waals surface area contributed by atoms with Crippen molar-refractivity contribution < 1.29 is 4.79 Å². The van der Waals surface area contributed by atoms with E-state index in [-0.39, 0.29) is 5.41 Å². The molecular formula is C12H22N2O. The highest BCUT2D eigenvalue weighted by molar-refractivity contribution is 5.82. The van der Waals surface area contributed by atoms with Gasteiger partial charge in [0, 0.05) is 18.5 Å². The van der Waals surface area contributed by atoms with Crippen LogP contribution in [-0.4, -0.2) is 37.0 Å². The molecule has 1 amide bonds. The zero-order valence-corrected chi connectivity index (χ0v) is 9.72. The third-order valence-electron chi connectivity index (χ3n) is 3.87. The van der Waals surface area contributed by atoms with E-state index < -0.39 is 0 Å². The molecule has 0 unspecified atom stereocenters. The molecule has 2 aliphatic rings. The van der Waals surface area contributed by atoms with E-state index in [9.17, 15) is 4.79 Å². The van der Waals surface area contributed by atoms with Gasteiger partial charge in [0.15, 0.2) is 0 Å². The van der Waals surface area contributed by atoms with Crippen molar-refractivity contribution in [2.75, 3.05) is 26.2 Å². The van der Waals surface area contributed by atoms with Crippen molar-refractivity contribution in [3.63, 3.8) is 0 Å². The van der Waals surface area contributed by atoms with Crippen LogP contribution in [0.5, 0.6) is 0 Å². The molecule has 2 saturated heterocycles. The Morgan fingerprint density at radius 3 is 2.33 bits per heavy atom. The summed E-state index contributed by atoms with van der Waals surface area (Å²) in [5.74, 6) is 0.406. The Hall–Kier alpha value is -0.570. The maximum absolute atomic E-state index is 12.4. The minimum atomic E-state index is -0.0808. The minimum absolute atomic E-state index is 0.0808. The highest BCUT2D eigenvalue weighted by Crippen LogP contribution is 2.31. The molecule has 3 heteroatoms. The average molecular weight is 210 g/mol. The standard InChI is InChI=1S/C12H22N2O/c1-12(5-7-13-8-6-12)11(15)14-9-3-2-4-10-14/h13H,2-10H2,1H3. The molecule has 3 nitrogen and oxygen atoms in total. The Morgan fingerprint density at radius 1 is 1.13 bits per heavy atom. The van der Waals surface area contributed by atoms with Crippen LogP contribution in [0, 0.1) is 5.41 Å². The van der Waals surface area contributed by atoms with Crippen LogP contribution in [0.25, 0.3) is 0 Å². The van der Waals surface area contributed by atoms with E-state index in [0.717, 1.165) is 39.0 Å². The normalized spacial score (nSPS) is 26.3. The molecule has 1 N–H and O–H groups in total. The van der Waals surface area contributed by atoms with Gasteiger partial charge in [0.05, 0.1) is 0 Å². The van der Waals surface area contributed by atoms with Crippen LogP contribution >= 0.6 is 0 Å². The van der Waals surface area contributed by atoms with Gasteiger partial charge in [-0.15, -0.1) is 0 Å². The Bertz CT molecular complexity index is 228. The second-order valence-corrected chi connectivity index (χ2v) is 5.16. The van der Waals surface area contributed by atoms with Crippen LogP contribution < -0.4 is 5.32 Å². The molecule has 2 heterocycles. The molecule has 0 aliphatic carbocycles. The fourth-order valence-electron chi connectivity index (χ4n) is 2.67. The molecule has 2 fully saturated rings. The lowest BCUT2D eigenvalue weighted by Crippen LogP contribution is -2.49. The largest absolute Gasteiger partial charge is 0.342 e. The van der Waals surface area contributed by atoms with Crippen LogP contribution in [0.4, 0.5) is 0 Å². The van der Waals surface area contributed by atoms with Gasteiger partial charge in [-0.05, 0) is 45.2 Å². The van der Waals surface area contributed by atoms with E-state index in [0.29, 0.717) is 5.91 Å². The second-order valence-electron chi connectivity index (χ2n) is 5.16. The maximum atomic E-state index is 12.4. The van der Waals surface area contributed by atoms with Crippen molar-refractivity contribution in [3.05, 3.63) is 0 Å². The van der Waals surface area contributed by atoms with E-state index in [2.05, 4.69) is 17.1 Å². The van der Waals surface area contributed by atoms with Gasteiger partial charge in [-0.2, -0.15) is 0 Å². The van der Waals surface area contributed by atoms with Crippen molar-refractivity contribution >= 4 is 5.91 Å². The summed E-state index contributed by atoms with van der Waals surface area (Å²) in [5.41, 5.74) is -0.0808. The first kappa shape index (κ1) is 10.9. The second kappa shape index (κ2) is 4.52. The molecule has 0 saturated carbocycles. The number of likely N-dealkylation sites (tertiary alicyclic amines) is 1. The Kier molecular flexibility index (Phi) is 3.29. The summed E-state index contributed by atoms with van der Waals surface area (Å²) in [4.78, 5) is 14.5. The first-order chi connectivity index (χ1) is 7.22. The fourth-order valence-corrected chi connectivity index (χ4v) is 2.67. The van der Waals surface area contributed by atoms with Gasteiger partial charge in [-0.3, -0.25) is 4.79 Å². The fraction of sp³-hybridized carbons (Fsp3) is 0.917. The quantitative estimate of drug-likeness (QED) is 0.709. The molecule has 86 valence electrons. The molecule has 15 heavy (non-hydrogen) atoms. The SMILES string of the molecule is CC1(C(=O)N2CCCCC2)CCNCC1. The summed E-state index contributed by atoms with van der Waals surface area (Å²) >= 11 is 0. The number of carbonyl (C=O) groups is 1. The number of nitrogens with one attached hydrogen (secondary N) is 1. The van der Waals surface area contributed by atoms with Gasteiger partial charge in [0.2, 0.25) is 5.91 Å². The molecule has 0 aromatic heterocycles. The number of nitrogens with zero attached hydrogens (tertiary/aromatic N) is 1. The summed E-state index contributed by atoms with van der Waals surface area (Å²) < 4.78 is 0. The molecule has 0 spiro atoms. The molecular weight excluding hydrogens is 188 g/mol. The summed E-state index contributed by atoms with van der Waals surface area (Å²) in [6.07, 6.45) is 5.69. The number of hydrogen-bond donors (Lipinski definition) is 1. The van der Waals surface area contributed by atoms with Crippen molar-refractivity contribution in [2.24, 2.45) is 5.41 Å². The third-order valence-corrected chi connectivity index (χ3v) is 3.87. The van der Waals surface area contributed by atoms with E-state index in [4.69, 9.17) is 0 Å². The van der Waals surface area contributed by atoms with Crippen molar-refractivity contribution in [2.45, 2.75) is 39.0 Å². The smallest absolute Gasteiger partial charge is 0.228 e. The molecule has 0 aromatic rings. The van der Waals surface area contributed by atoms with Gasteiger partial charge < -0.3 is 10.2 Å². The summed E-state index contributed by atoms with van der Waals surface area (Å²) in [6.45, 7) is 6.11. The van der Waals surface area contributed by atoms with E-state index in [1.165, 1.54) is 19.3 Å². The summed E-state index contributed by atoms with van der Waals surface area (Å²) in [6, 6.07) is 0. The molecule has 0 bridgehead atoms. The maximum Gasteiger partial charge on any atom is 0.228 e. The third kappa shape index (κ3) is 2.33. The number of rotatable bonds is 1. The van der Waals surface area contributed by atoms with Crippen LogP contribution in [0.15, 0.2) is 0 Å². The van der Waals surface area contributed by atoms with Crippen molar-refractivity contribution in [1.82, 2.24) is 10.2 Å². The van der Waals surface area contributed by atoms with Gasteiger partial charge in [-0.25, -0.2) is 0 Å². The highest BCUT2D eigenvalue weighted by atomic mass is 16.2. The minimum Gasteiger partial charge on any atom is -0.342 e. The van der Waals surface area contributed by atoms with Crippen molar-refractivity contribution in [1.29, 1.82) is 0 Å². The van der Waals surface area contributed by atoms with Crippen LogP contribution in [0.1, 0.15) is 39.0 Å². The van der Waals surface area contributed by atoms with E-state index in [1.807, 2.05) is 0 Å². The predicted molar refractivity (Wildman–Crippen MR) is 60.6 cm³/mol. The Morgan fingerprint density at radius 2 is 1.73 bits per heavy atom. The zero-order chi connectivity index (χ0) is 10.7. The number of amides is 1. The van der Waals surface area contributed by atoms with Gasteiger partial charge in [0.25, 0.3) is 0 Å². The number of hydrogen-bond acceptors (Lipinski definition) is 2. The zero-order valence-electron chi connectivity index (χ0n) is 9.72. The average Bonchev–Trinajstić information content (AvgIpc) is 2.30. The first-order valence-electron chi connectivity index (χ1n) is 6.22. The van der Waals surface area contributed by atoms with Crippen LogP contribution in [-0.2, 0) is 4.79 Å². The van der Waals surface area contributed by atoms with E-state index >= 15 is 0 Å². The Balaban J connectivity index is 1.98. The lowest BCUT2D eigenvalue weighted by Gasteiger charge is -2.38. The molecule has 0 radical (unpaired) electrons. The van der Waals surface area contributed by atoms with Crippen LogP contribution in [0.2, 0.25) is 0 Å². The van der Waals surface area contributed by atoms with Gasteiger partial charge in [0.1, 0.15) is 0 Å². The van der Waals surface area contributed by atoms with Gasteiger partial charge >= 0.3 is 0 Å². The summed E-state index contributed by atoms with van der Waals surface area (Å²) in [5, 5.41) is 3.33. The monoisotopic (exact) mass is 210 g/mol. The summed E-state index contributed by atoms with van der Waals surface area (Å²) in [7, 11) is 0. The lowest BCUT2D eigenvalue weighted by atomic mass is 9.79. The van der Waals surface area contributed by atoms with Gasteiger partial charge in [-0.1, -0.05) is 6.92 Å². The lowest BCUT2D eigenvalue weighted by molar-refractivity contribution is -0.143. The van der Waals surface area contributed by atoms with Crippen LogP contribution in [0.3, 0.4) is 0 Å². The molecule has 0 atom stereocenters. The van der Waals surface area contributed by atoms with E-state index in [1.54, 1.807) is 0 Å². The van der Waals surface area contributed by atoms with Crippen molar-refractivity contribution in [3.8, 4) is 0 Å². The predicted octanol–water partition coefficient (Wildman–Crippen LogP) is 1.39. The molecule has 2 rings (SSSR count). The molecule has 0 aromatic carbocycles. The number of piperidine rings is 2. The Labute approximate surface area is 92.2 Å². The number of carbonyl (C=O) groups excluding carboxylic acids is 1.